The first-order valence-electron chi connectivity index (χ1n) is 9.18. The van der Waals surface area contributed by atoms with Crippen molar-refractivity contribution in [3.63, 3.8) is 0 Å². The highest BCUT2D eigenvalue weighted by molar-refractivity contribution is 7.99. The number of para-hydroxylation sites is 1. The molecule has 0 bridgehead atoms. The van der Waals surface area contributed by atoms with Gasteiger partial charge in [0.25, 0.3) is 0 Å². The Morgan fingerprint density at radius 3 is 2.76 bits per heavy atom. The smallest absolute Gasteiger partial charge is 0.330 e. The molecular weight excluding hydrogens is 392 g/mol. The first-order chi connectivity index (χ1) is 14.0. The molecule has 3 heterocycles. The first-order valence-corrected chi connectivity index (χ1v) is 10.2. The van der Waals surface area contributed by atoms with Gasteiger partial charge in [-0.15, -0.1) is 11.8 Å². The number of esters is 1. The number of ketones is 1. The van der Waals surface area contributed by atoms with Crippen LogP contribution in [-0.2, 0) is 14.3 Å². The predicted octanol–water partition coefficient (Wildman–Crippen LogP) is 3.46. The van der Waals surface area contributed by atoms with E-state index in [0.29, 0.717) is 17.1 Å². The monoisotopic (exact) mass is 412 g/mol. The number of benzene rings is 1. The molecule has 1 saturated heterocycles. The summed E-state index contributed by atoms with van der Waals surface area (Å²) in [4.78, 5) is 42.2. The van der Waals surface area contributed by atoms with Gasteiger partial charge in [-0.05, 0) is 25.1 Å². The van der Waals surface area contributed by atoms with Crippen LogP contribution >= 0.6 is 11.8 Å². The van der Waals surface area contributed by atoms with E-state index in [1.807, 2.05) is 31.2 Å². The van der Waals surface area contributed by atoms with Gasteiger partial charge in [-0.3, -0.25) is 9.59 Å². The normalized spacial score (nSPS) is 18.9. The maximum absolute atomic E-state index is 12.7. The fraction of sp³-hybridized carbons (Fsp3) is 0.286. The van der Waals surface area contributed by atoms with Gasteiger partial charge in [0.2, 0.25) is 11.7 Å². The number of H-pyrrole nitrogens is 1. The minimum absolute atomic E-state index is 0.253. The highest BCUT2D eigenvalue weighted by Gasteiger charge is 2.43. The molecule has 0 unspecified atom stereocenters. The summed E-state index contributed by atoms with van der Waals surface area (Å²) in [6, 6.07) is 10.2. The number of aromatic amines is 1. The van der Waals surface area contributed by atoms with Crippen molar-refractivity contribution in [2.45, 2.75) is 25.3 Å². The number of ether oxygens (including phenoxy) is 1. The van der Waals surface area contributed by atoms with E-state index in [4.69, 9.17) is 9.15 Å². The molecule has 1 aliphatic heterocycles. The number of hydrogen-bond acceptors (Lipinski definition) is 6. The van der Waals surface area contributed by atoms with Crippen molar-refractivity contribution in [2.24, 2.45) is 0 Å². The molecule has 8 heteroatoms. The van der Waals surface area contributed by atoms with Crippen LogP contribution in [0.1, 0.15) is 34.1 Å². The Bertz CT molecular complexity index is 1070. The summed E-state index contributed by atoms with van der Waals surface area (Å²) in [6.07, 6.45) is 1.53. The predicted molar refractivity (Wildman–Crippen MR) is 109 cm³/mol. The maximum Gasteiger partial charge on any atom is 0.330 e. The van der Waals surface area contributed by atoms with E-state index in [1.54, 1.807) is 12.1 Å². The molecule has 7 nitrogen and oxygen atoms in total. The summed E-state index contributed by atoms with van der Waals surface area (Å²) in [6.45, 7) is 2.84. The minimum Gasteiger partial charge on any atom is -0.466 e. The number of thioether (sulfide) groups is 1. The van der Waals surface area contributed by atoms with E-state index in [-0.39, 0.29) is 23.7 Å². The SMILES string of the molecule is CC(=O)N1[C@@H](C(=O)OCC(=O)c2c(C)[nH]c3ccccc23)CS[C@H]1c1ccco1. The van der Waals surface area contributed by atoms with Gasteiger partial charge < -0.3 is 19.0 Å². The molecule has 1 aromatic carbocycles. The summed E-state index contributed by atoms with van der Waals surface area (Å²) in [7, 11) is 0. The molecule has 1 N–H and O–H groups in total. The third-order valence-electron chi connectivity index (χ3n) is 4.94. The molecule has 2 atom stereocenters. The third kappa shape index (κ3) is 3.55. The van der Waals surface area contributed by atoms with Gasteiger partial charge in [-0.1, -0.05) is 18.2 Å². The lowest BCUT2D eigenvalue weighted by molar-refractivity contribution is -0.152. The number of aryl methyl sites for hydroxylation is 1. The Labute approximate surface area is 171 Å². The molecule has 1 amide bonds. The van der Waals surface area contributed by atoms with Gasteiger partial charge in [0.05, 0.1) is 6.26 Å². The minimum atomic E-state index is -0.760. The molecule has 3 aromatic rings. The summed E-state index contributed by atoms with van der Waals surface area (Å²) in [5, 5.41) is 0.414. The summed E-state index contributed by atoms with van der Waals surface area (Å²) in [5.74, 6) is -0.143. The van der Waals surface area contributed by atoms with Crippen LogP contribution in [0.4, 0.5) is 0 Å². The fourth-order valence-corrected chi connectivity index (χ4v) is 5.08. The average molecular weight is 412 g/mol. The van der Waals surface area contributed by atoms with Crippen molar-refractivity contribution in [3.8, 4) is 0 Å². The van der Waals surface area contributed by atoms with Crippen LogP contribution in [-0.4, -0.2) is 45.9 Å². The quantitative estimate of drug-likeness (QED) is 0.510. The van der Waals surface area contributed by atoms with Gasteiger partial charge >= 0.3 is 5.97 Å². The second kappa shape index (κ2) is 7.79. The van der Waals surface area contributed by atoms with Crippen molar-refractivity contribution < 1.29 is 23.5 Å². The van der Waals surface area contributed by atoms with E-state index in [1.165, 1.54) is 29.8 Å². The summed E-state index contributed by atoms with van der Waals surface area (Å²) >= 11 is 1.43. The van der Waals surface area contributed by atoms with E-state index in [0.717, 1.165) is 16.6 Å². The second-order valence-electron chi connectivity index (χ2n) is 6.84. The van der Waals surface area contributed by atoms with Gasteiger partial charge in [0.1, 0.15) is 17.2 Å². The number of carbonyl (C=O) groups excluding carboxylic acids is 3. The van der Waals surface area contributed by atoms with Crippen LogP contribution in [0.3, 0.4) is 0 Å². The van der Waals surface area contributed by atoms with Crippen molar-refractivity contribution in [3.05, 3.63) is 59.7 Å². The third-order valence-corrected chi connectivity index (χ3v) is 6.22. The van der Waals surface area contributed by atoms with Crippen LogP contribution in [0.5, 0.6) is 0 Å². The zero-order chi connectivity index (χ0) is 20.5. The number of rotatable bonds is 5. The van der Waals surface area contributed by atoms with Gasteiger partial charge in [-0.2, -0.15) is 0 Å². The topological polar surface area (TPSA) is 92.6 Å². The highest BCUT2D eigenvalue weighted by Crippen LogP contribution is 2.41. The van der Waals surface area contributed by atoms with Gasteiger partial charge in [0.15, 0.2) is 6.61 Å². The van der Waals surface area contributed by atoms with Crippen LogP contribution in [0.15, 0.2) is 47.1 Å². The molecular formula is C21H20N2O5S. The Morgan fingerprint density at radius 2 is 2.03 bits per heavy atom. The Morgan fingerprint density at radius 1 is 1.24 bits per heavy atom. The number of furan rings is 1. The zero-order valence-corrected chi connectivity index (χ0v) is 16.8. The number of nitrogens with one attached hydrogen (secondary N) is 1. The molecule has 2 aromatic heterocycles. The molecule has 0 radical (unpaired) electrons. The highest BCUT2D eigenvalue weighted by atomic mass is 32.2. The molecule has 0 saturated carbocycles. The van der Waals surface area contributed by atoms with Crippen molar-refractivity contribution >= 4 is 40.3 Å². The summed E-state index contributed by atoms with van der Waals surface area (Å²) in [5.41, 5.74) is 2.11. The number of fused-ring (bicyclic) bond motifs is 1. The van der Waals surface area contributed by atoms with E-state index < -0.39 is 12.0 Å². The fourth-order valence-electron chi connectivity index (χ4n) is 3.66. The van der Waals surface area contributed by atoms with Gasteiger partial charge in [-0.25, -0.2) is 4.79 Å². The van der Waals surface area contributed by atoms with Crippen LogP contribution < -0.4 is 0 Å². The molecule has 29 heavy (non-hydrogen) atoms. The lowest BCUT2D eigenvalue weighted by atomic mass is 10.1. The van der Waals surface area contributed by atoms with Crippen LogP contribution in [0.2, 0.25) is 0 Å². The van der Waals surface area contributed by atoms with Gasteiger partial charge in [0, 0.05) is 34.8 Å². The van der Waals surface area contributed by atoms with Crippen molar-refractivity contribution in [1.82, 2.24) is 9.88 Å². The molecule has 1 fully saturated rings. The number of carbonyl (C=O) groups is 3. The number of hydrogen-bond donors (Lipinski definition) is 1. The number of Topliss-reactive ketones (excluding diaryl/α,β-unsaturated/α-hetero) is 1. The van der Waals surface area contributed by atoms with E-state index in [2.05, 4.69) is 4.98 Å². The Kier molecular flexibility index (Phi) is 5.19. The maximum atomic E-state index is 12.7. The average Bonchev–Trinajstić information content (AvgIpc) is 3.42. The standard InChI is InChI=1S/C21H20N2O5S/c1-12-19(14-6-3-4-7-15(14)22-12)17(25)10-28-21(26)16-11-29-20(23(16)13(2)24)18-8-5-9-27-18/h3-9,16,20,22H,10-11H2,1-2H3/t16-,20+/m1/s1. The Hall–Kier alpha value is -3.00. The first kappa shape index (κ1) is 19.3. The zero-order valence-electron chi connectivity index (χ0n) is 16.0. The molecule has 150 valence electrons. The van der Waals surface area contributed by atoms with Crippen LogP contribution in [0, 0.1) is 6.92 Å². The second-order valence-corrected chi connectivity index (χ2v) is 7.96. The lowest BCUT2D eigenvalue weighted by Crippen LogP contribution is -2.43. The molecule has 1 aliphatic rings. The number of aromatic nitrogens is 1. The molecule has 0 aliphatic carbocycles. The molecule has 4 rings (SSSR count). The Balaban J connectivity index is 1.47. The largest absolute Gasteiger partial charge is 0.466 e. The number of amides is 1. The molecule has 0 spiro atoms. The van der Waals surface area contributed by atoms with Crippen LogP contribution in [0.25, 0.3) is 10.9 Å². The van der Waals surface area contributed by atoms with E-state index >= 15 is 0 Å². The summed E-state index contributed by atoms with van der Waals surface area (Å²) < 4.78 is 10.7. The van der Waals surface area contributed by atoms with E-state index in [9.17, 15) is 14.4 Å². The lowest BCUT2D eigenvalue weighted by Gasteiger charge is -2.25. The van der Waals surface area contributed by atoms with Crippen molar-refractivity contribution in [1.29, 1.82) is 0 Å². The number of nitrogens with zero attached hydrogens (tertiary/aromatic N) is 1. The van der Waals surface area contributed by atoms with Crippen molar-refractivity contribution in [2.75, 3.05) is 12.4 Å².